The zero-order valence-corrected chi connectivity index (χ0v) is 54.8. The fourth-order valence-electron chi connectivity index (χ4n) is 7.44. The molecule has 6 aromatic carbocycles. The van der Waals surface area contributed by atoms with Crippen molar-refractivity contribution in [1.29, 1.82) is 0 Å². The van der Waals surface area contributed by atoms with Gasteiger partial charge in [-0.1, -0.05) is 135 Å². The van der Waals surface area contributed by atoms with Gasteiger partial charge in [0.1, 0.15) is 34.5 Å². The largest absolute Gasteiger partial charge is 0.519 e. The van der Waals surface area contributed by atoms with Crippen molar-refractivity contribution in [3.63, 3.8) is 0 Å². The predicted octanol–water partition coefficient (Wildman–Crippen LogP) is 20.0. The normalized spacial score (nSPS) is 12.5. The molecule has 20 heteroatoms. The molecule has 85 heavy (non-hydrogen) atoms. The third kappa shape index (κ3) is 23.3. The lowest BCUT2D eigenvalue weighted by molar-refractivity contribution is -0.385. The number of allylic oxidation sites excluding steroid dienone is 3. The first-order valence-electron chi connectivity index (χ1n) is 26.9. The number of halogens is 3. The van der Waals surface area contributed by atoms with Gasteiger partial charge in [-0.25, -0.2) is 9.59 Å². The fraction of sp³-hybridized carbons (Fsp3) is 0.323. The molecule has 0 aliphatic carbocycles. The van der Waals surface area contributed by atoms with Crippen LogP contribution < -0.4 is 14.2 Å². The quantitative estimate of drug-likeness (QED) is 0.0259. The molecule has 0 bridgehead atoms. The standard InChI is InChI=1S/C19H21NO5.C12H18O.C12H14O.C9H17BO2.C7H4ClNO4.C6H4Br2O/c1-12(2)16-6-5-7-17(13(3)4)18(16)25-19(21)24-15-10-8-14(9-11-15)20(22)23;2*1-8(2)10-6-5-7-11(9(3)4)12(10)13;1-7(2)10-11-8(3,4)9(5,6)12-10;8-7(10)13-6-3-1-5(2-4-6)9(11)12;7-4-2-1-3-5(8)6(4)9/h5-13H,1-4H3;5-9,13H,1-4H3;5-7,13H,1,3H2,2,4H3;1H2,2-6H3;1-4H;1-3,9H. The number of ether oxygens (including phenoxy) is 3. The van der Waals surface area contributed by atoms with E-state index >= 15 is 0 Å². The summed E-state index contributed by atoms with van der Waals surface area (Å²) < 4.78 is 27.9. The number of phenolic OH excluding ortho intramolecular Hbond substituents is 3. The number of non-ortho nitro benzene ring substituents is 2. The molecule has 0 unspecified atom stereocenters. The average molecular weight is 1320 g/mol. The molecule has 3 N–H and O–H groups in total. The topological polar surface area (TPSA) is 227 Å². The number of carbonyl (C=O) groups excluding carboxylic acids is 2. The number of hydrogen-bond donors (Lipinski definition) is 3. The van der Waals surface area contributed by atoms with Crippen LogP contribution >= 0.6 is 43.5 Å². The average Bonchev–Trinajstić information content (AvgIpc) is 2.21. The Morgan fingerprint density at radius 1 is 0.529 bits per heavy atom. The van der Waals surface area contributed by atoms with Crippen LogP contribution in [0.1, 0.15) is 161 Å². The second-order valence-electron chi connectivity index (χ2n) is 21.7. The van der Waals surface area contributed by atoms with Gasteiger partial charge in [0.15, 0.2) is 0 Å². The Morgan fingerprint density at radius 2 is 0.859 bits per heavy atom. The summed E-state index contributed by atoms with van der Waals surface area (Å²) in [6.45, 7) is 41.7. The van der Waals surface area contributed by atoms with E-state index in [1.807, 2.05) is 137 Å². The van der Waals surface area contributed by atoms with E-state index in [0.29, 0.717) is 32.3 Å². The molecular weight excluding hydrogens is 1240 g/mol. The summed E-state index contributed by atoms with van der Waals surface area (Å²) in [7, 11) is -0.241. The van der Waals surface area contributed by atoms with Crippen molar-refractivity contribution < 1.29 is 58.3 Å². The van der Waals surface area contributed by atoms with E-state index in [0.717, 1.165) is 50.0 Å². The number of para-hydroxylation sites is 4. The van der Waals surface area contributed by atoms with E-state index in [-0.39, 0.29) is 64.5 Å². The second kappa shape index (κ2) is 34.0. The Bertz CT molecular complexity index is 3150. The maximum absolute atomic E-state index is 12.2. The van der Waals surface area contributed by atoms with Crippen LogP contribution in [0.3, 0.4) is 0 Å². The lowest BCUT2D eigenvalue weighted by atomic mass is 9.81. The van der Waals surface area contributed by atoms with Crippen molar-refractivity contribution >= 4 is 84.7 Å². The molecule has 456 valence electrons. The van der Waals surface area contributed by atoms with Gasteiger partial charge in [0.05, 0.1) is 30.0 Å². The molecule has 0 atom stereocenters. The summed E-state index contributed by atoms with van der Waals surface area (Å²) in [5.74, 6) is 3.01. The highest BCUT2D eigenvalue weighted by atomic mass is 79.9. The Hall–Kier alpha value is -7.29. The number of benzene rings is 6. The molecule has 1 heterocycles. The fourth-order valence-corrected chi connectivity index (χ4v) is 8.53. The SMILES string of the molecule is C=C(C)B1OC(C)(C)C(C)(C)O1.C=C(C)c1cccc(C(=C)C)c1O.CC(C)c1cccc(C(C)C)c1O.CC(C)c1cccc(C(C)C)c1OC(=O)Oc1ccc([N+](=O)[O-])cc1.O=C(Cl)Oc1ccc([N+](=O)[O-])cc1.Oc1c(Br)cccc1Br. The van der Waals surface area contributed by atoms with Crippen molar-refractivity contribution in [2.75, 3.05) is 0 Å². The number of aromatic hydroxyl groups is 3. The number of nitro groups is 2. The van der Waals surface area contributed by atoms with Crippen molar-refractivity contribution in [2.45, 2.75) is 139 Å². The van der Waals surface area contributed by atoms with Crippen LogP contribution in [-0.2, 0) is 9.31 Å². The zero-order valence-electron chi connectivity index (χ0n) is 50.9. The van der Waals surface area contributed by atoms with Crippen molar-refractivity contribution in [2.24, 2.45) is 0 Å². The lowest BCUT2D eigenvalue weighted by Crippen LogP contribution is -2.41. The number of rotatable bonds is 12. The van der Waals surface area contributed by atoms with E-state index in [1.165, 1.54) is 48.5 Å². The number of hydrogen-bond acceptors (Lipinski definition) is 14. The number of carbonyl (C=O) groups is 2. The van der Waals surface area contributed by atoms with Gasteiger partial charge in [-0.2, -0.15) is 0 Å². The van der Waals surface area contributed by atoms with Gasteiger partial charge in [0, 0.05) is 47.0 Å². The molecule has 6 aromatic rings. The Balaban J connectivity index is 0.000000361. The molecule has 0 radical (unpaired) electrons. The maximum Gasteiger partial charge on any atom is 0.519 e. The summed E-state index contributed by atoms with van der Waals surface area (Å²) in [5.41, 5.74) is 6.57. The van der Waals surface area contributed by atoms with Gasteiger partial charge in [-0.15, -0.1) is 6.58 Å². The third-order valence-electron chi connectivity index (χ3n) is 12.9. The van der Waals surface area contributed by atoms with E-state index in [2.05, 4.69) is 84.0 Å². The number of nitrogens with zero attached hydrogens (tertiary/aromatic N) is 2. The van der Waals surface area contributed by atoms with E-state index in [9.17, 15) is 40.0 Å². The number of phenols is 3. The molecule has 0 amide bonds. The monoisotopic (exact) mass is 1310 g/mol. The van der Waals surface area contributed by atoms with Gasteiger partial charge >= 0.3 is 18.7 Å². The first-order valence-corrected chi connectivity index (χ1v) is 28.9. The van der Waals surface area contributed by atoms with Gasteiger partial charge < -0.3 is 38.8 Å². The third-order valence-corrected chi connectivity index (χ3v) is 14.2. The Labute approximate surface area is 522 Å². The molecule has 1 aliphatic rings. The molecule has 1 fully saturated rings. The van der Waals surface area contributed by atoms with Crippen LogP contribution in [0.25, 0.3) is 11.1 Å². The van der Waals surface area contributed by atoms with Gasteiger partial charge in [0.2, 0.25) is 0 Å². The highest BCUT2D eigenvalue weighted by Crippen LogP contribution is 2.39. The van der Waals surface area contributed by atoms with Crippen LogP contribution in [-0.4, -0.2) is 55.1 Å². The molecule has 0 saturated carbocycles. The van der Waals surface area contributed by atoms with Gasteiger partial charge in [-0.05, 0) is 174 Å². The van der Waals surface area contributed by atoms with E-state index in [4.69, 9.17) is 35.5 Å². The lowest BCUT2D eigenvalue weighted by Gasteiger charge is -2.32. The highest BCUT2D eigenvalue weighted by molar-refractivity contribution is 9.11. The summed E-state index contributed by atoms with van der Waals surface area (Å²) >= 11 is 11.3. The van der Waals surface area contributed by atoms with Gasteiger partial charge in [0.25, 0.3) is 11.4 Å². The van der Waals surface area contributed by atoms with Crippen LogP contribution in [0.5, 0.6) is 34.5 Å². The first kappa shape index (κ1) is 73.8. The molecule has 1 aliphatic heterocycles. The molecule has 16 nitrogen and oxygen atoms in total. The Kier molecular flexibility index (Phi) is 29.5. The van der Waals surface area contributed by atoms with Crippen LogP contribution in [0.2, 0.25) is 0 Å². The van der Waals surface area contributed by atoms with Crippen LogP contribution in [0.4, 0.5) is 21.0 Å². The van der Waals surface area contributed by atoms with E-state index < -0.39 is 21.4 Å². The smallest absolute Gasteiger partial charge is 0.507 e. The van der Waals surface area contributed by atoms with Gasteiger partial charge in [-0.3, -0.25) is 20.2 Å². The highest BCUT2D eigenvalue weighted by Gasteiger charge is 2.51. The van der Waals surface area contributed by atoms with Crippen LogP contribution in [0.15, 0.2) is 155 Å². The predicted molar refractivity (Wildman–Crippen MR) is 348 cm³/mol. The summed E-state index contributed by atoms with van der Waals surface area (Å²) in [5, 5.41) is 49.7. The summed E-state index contributed by atoms with van der Waals surface area (Å²) in [6.07, 6.45) is -0.871. The minimum atomic E-state index is -0.978. The minimum absolute atomic E-state index is 0.0747. The molecular formula is C65H78BBr2ClN2O14. The van der Waals surface area contributed by atoms with E-state index in [1.54, 1.807) is 12.1 Å². The summed E-state index contributed by atoms with van der Waals surface area (Å²) in [6, 6.07) is 33.1. The maximum atomic E-state index is 12.2. The van der Waals surface area contributed by atoms with Crippen LogP contribution in [0, 0.1) is 20.2 Å². The summed E-state index contributed by atoms with van der Waals surface area (Å²) in [4.78, 5) is 42.2. The van der Waals surface area contributed by atoms with Crippen molar-refractivity contribution in [3.05, 3.63) is 209 Å². The molecule has 7 rings (SSSR count). The zero-order chi connectivity index (χ0) is 64.8. The minimum Gasteiger partial charge on any atom is -0.507 e. The molecule has 0 spiro atoms. The van der Waals surface area contributed by atoms with Crippen molar-refractivity contribution in [3.8, 4) is 34.5 Å². The first-order chi connectivity index (χ1) is 39.4. The molecule has 0 aromatic heterocycles. The molecule has 1 saturated heterocycles. The Morgan fingerprint density at radius 3 is 1.15 bits per heavy atom. The van der Waals surface area contributed by atoms with Crippen molar-refractivity contribution in [1.82, 2.24) is 0 Å². The number of nitro benzene ring substituents is 2. The second-order valence-corrected chi connectivity index (χ2v) is 23.7.